The lowest BCUT2D eigenvalue weighted by molar-refractivity contribution is 0.107. The predicted molar refractivity (Wildman–Crippen MR) is 115 cm³/mol. The van der Waals surface area contributed by atoms with Crippen molar-refractivity contribution in [1.29, 1.82) is 0 Å². The number of tetrazole rings is 1. The molecule has 0 saturated heterocycles. The van der Waals surface area contributed by atoms with Gasteiger partial charge in [0.2, 0.25) is 10.0 Å². The Morgan fingerprint density at radius 2 is 1.55 bits per heavy atom. The second kappa shape index (κ2) is 9.61. The van der Waals surface area contributed by atoms with E-state index in [0.717, 1.165) is 16.7 Å². The largest absolute Gasteiger partial charge is 0.372 e. The van der Waals surface area contributed by atoms with Crippen LogP contribution in [0, 0.1) is 0 Å². The first kappa shape index (κ1) is 20.9. The summed E-state index contributed by atoms with van der Waals surface area (Å²) < 4.78 is 35.1. The number of nitrogens with zero attached hydrogens (tertiary/aromatic N) is 4. The molecule has 0 aliphatic rings. The number of rotatable bonds is 9. The van der Waals surface area contributed by atoms with E-state index in [2.05, 4.69) is 20.2 Å². The summed E-state index contributed by atoms with van der Waals surface area (Å²) in [5.41, 5.74) is 3.56. The lowest BCUT2D eigenvalue weighted by Gasteiger charge is -2.09. The minimum atomic E-state index is -3.68. The van der Waals surface area contributed by atoms with Crippen LogP contribution in [0.4, 0.5) is 0 Å². The van der Waals surface area contributed by atoms with Gasteiger partial charge in [-0.1, -0.05) is 60.7 Å². The van der Waals surface area contributed by atoms with Gasteiger partial charge in [0.15, 0.2) is 0 Å². The van der Waals surface area contributed by atoms with Crippen LogP contribution in [0.25, 0.3) is 5.69 Å². The molecule has 0 atom stereocenters. The third-order valence-corrected chi connectivity index (χ3v) is 6.01. The van der Waals surface area contributed by atoms with Crippen LogP contribution in [0.5, 0.6) is 0 Å². The summed E-state index contributed by atoms with van der Waals surface area (Å²) in [6, 6.07) is 24.1. The number of hydrogen-bond donors (Lipinski definition) is 1. The molecule has 0 spiro atoms. The SMILES string of the molecule is O=S(=O)(NCc1ccc(COCc2ccccc2)cc1)c1cccc(-n2cnnn2)c1. The van der Waals surface area contributed by atoms with Crippen molar-refractivity contribution in [3.63, 3.8) is 0 Å². The van der Waals surface area contributed by atoms with Crippen LogP contribution in [0.2, 0.25) is 0 Å². The Hall–Kier alpha value is -3.40. The molecule has 0 radical (unpaired) electrons. The van der Waals surface area contributed by atoms with Gasteiger partial charge in [0.05, 0.1) is 23.8 Å². The van der Waals surface area contributed by atoms with Crippen molar-refractivity contribution in [1.82, 2.24) is 24.9 Å². The Balaban J connectivity index is 1.33. The summed E-state index contributed by atoms with van der Waals surface area (Å²) in [4.78, 5) is 0.145. The van der Waals surface area contributed by atoms with Crippen LogP contribution in [0.1, 0.15) is 16.7 Å². The summed E-state index contributed by atoms with van der Waals surface area (Å²) >= 11 is 0. The van der Waals surface area contributed by atoms with Crippen LogP contribution >= 0.6 is 0 Å². The topological polar surface area (TPSA) is 99.0 Å². The lowest BCUT2D eigenvalue weighted by Crippen LogP contribution is -2.23. The second-order valence-corrected chi connectivity index (χ2v) is 8.64. The minimum absolute atomic E-state index is 0.145. The first-order valence-electron chi connectivity index (χ1n) is 9.63. The minimum Gasteiger partial charge on any atom is -0.372 e. The highest BCUT2D eigenvalue weighted by Gasteiger charge is 2.15. The Kier molecular flexibility index (Phi) is 6.46. The van der Waals surface area contributed by atoms with E-state index in [1.165, 1.54) is 23.1 Å². The van der Waals surface area contributed by atoms with Gasteiger partial charge in [-0.25, -0.2) is 17.8 Å². The van der Waals surface area contributed by atoms with Crippen molar-refractivity contribution >= 4 is 10.0 Å². The highest BCUT2D eigenvalue weighted by atomic mass is 32.2. The van der Waals surface area contributed by atoms with Gasteiger partial charge in [-0.15, -0.1) is 5.10 Å². The highest BCUT2D eigenvalue weighted by molar-refractivity contribution is 7.89. The molecule has 0 bridgehead atoms. The summed E-state index contributed by atoms with van der Waals surface area (Å²) in [7, 11) is -3.68. The third-order valence-electron chi connectivity index (χ3n) is 4.61. The Bertz CT molecular complexity index is 1210. The first-order valence-corrected chi connectivity index (χ1v) is 11.1. The molecule has 1 heterocycles. The Morgan fingerprint density at radius 3 is 2.26 bits per heavy atom. The highest BCUT2D eigenvalue weighted by Crippen LogP contribution is 2.15. The molecule has 4 rings (SSSR count). The van der Waals surface area contributed by atoms with Crippen LogP contribution < -0.4 is 4.72 Å². The molecular formula is C22H21N5O3S. The fourth-order valence-electron chi connectivity index (χ4n) is 2.95. The molecule has 0 aliphatic carbocycles. The van der Waals surface area contributed by atoms with E-state index in [9.17, 15) is 8.42 Å². The molecular weight excluding hydrogens is 414 g/mol. The van der Waals surface area contributed by atoms with Gasteiger partial charge in [-0.2, -0.15) is 0 Å². The standard InChI is InChI=1S/C22H21N5O3S/c28-31(29,22-8-4-7-21(13-22)27-17-23-25-26-27)24-14-18-9-11-20(12-10-18)16-30-15-19-5-2-1-3-6-19/h1-13,17,24H,14-16H2. The Morgan fingerprint density at radius 1 is 0.839 bits per heavy atom. The van der Waals surface area contributed by atoms with Gasteiger partial charge in [0, 0.05) is 6.54 Å². The molecule has 9 heteroatoms. The normalized spacial score (nSPS) is 11.5. The smallest absolute Gasteiger partial charge is 0.240 e. The molecule has 8 nitrogen and oxygen atoms in total. The van der Waals surface area contributed by atoms with E-state index in [-0.39, 0.29) is 11.4 Å². The van der Waals surface area contributed by atoms with E-state index < -0.39 is 10.0 Å². The molecule has 1 aromatic heterocycles. The number of aromatic nitrogens is 4. The number of nitrogens with one attached hydrogen (secondary N) is 1. The van der Waals surface area contributed by atoms with Gasteiger partial charge in [-0.05, 0) is 45.3 Å². The van der Waals surface area contributed by atoms with Crippen molar-refractivity contribution < 1.29 is 13.2 Å². The van der Waals surface area contributed by atoms with Gasteiger partial charge in [0.25, 0.3) is 0 Å². The number of hydrogen-bond acceptors (Lipinski definition) is 6. The summed E-state index contributed by atoms with van der Waals surface area (Å²) in [5, 5.41) is 10.9. The van der Waals surface area contributed by atoms with Gasteiger partial charge >= 0.3 is 0 Å². The fourth-order valence-corrected chi connectivity index (χ4v) is 4.01. The van der Waals surface area contributed by atoms with Crippen molar-refractivity contribution in [2.45, 2.75) is 24.7 Å². The molecule has 4 aromatic rings. The van der Waals surface area contributed by atoms with E-state index >= 15 is 0 Å². The van der Waals surface area contributed by atoms with Crippen LogP contribution in [-0.4, -0.2) is 28.6 Å². The fraction of sp³-hybridized carbons (Fsp3) is 0.136. The van der Waals surface area contributed by atoms with Crippen molar-refractivity contribution in [2.75, 3.05) is 0 Å². The maximum Gasteiger partial charge on any atom is 0.240 e. The molecule has 0 aliphatic heterocycles. The summed E-state index contributed by atoms with van der Waals surface area (Å²) in [6.07, 6.45) is 1.41. The molecule has 158 valence electrons. The van der Waals surface area contributed by atoms with Gasteiger partial charge in [0.1, 0.15) is 6.33 Å². The molecule has 0 amide bonds. The molecule has 0 unspecified atom stereocenters. The zero-order valence-corrected chi connectivity index (χ0v) is 17.4. The van der Waals surface area contributed by atoms with E-state index in [1.807, 2.05) is 54.6 Å². The van der Waals surface area contributed by atoms with Crippen LogP contribution in [0.3, 0.4) is 0 Å². The molecule has 3 aromatic carbocycles. The van der Waals surface area contributed by atoms with Crippen LogP contribution in [-0.2, 0) is 34.5 Å². The van der Waals surface area contributed by atoms with Crippen molar-refractivity contribution in [2.24, 2.45) is 0 Å². The molecule has 31 heavy (non-hydrogen) atoms. The van der Waals surface area contributed by atoms with Crippen molar-refractivity contribution in [3.05, 3.63) is 102 Å². The molecule has 0 saturated carbocycles. The quantitative estimate of drug-likeness (QED) is 0.434. The second-order valence-electron chi connectivity index (χ2n) is 6.87. The molecule has 0 fully saturated rings. The lowest BCUT2D eigenvalue weighted by atomic mass is 10.1. The zero-order chi connectivity index (χ0) is 21.5. The van der Waals surface area contributed by atoms with Crippen molar-refractivity contribution in [3.8, 4) is 5.69 Å². The van der Waals surface area contributed by atoms with Gasteiger partial charge < -0.3 is 4.74 Å². The molecule has 1 N–H and O–H groups in total. The van der Waals surface area contributed by atoms with E-state index in [4.69, 9.17) is 4.74 Å². The maximum absolute atomic E-state index is 12.7. The monoisotopic (exact) mass is 435 g/mol. The maximum atomic E-state index is 12.7. The summed E-state index contributed by atoms with van der Waals surface area (Å²) in [5.74, 6) is 0. The Labute approximate surface area is 180 Å². The predicted octanol–water partition coefficient (Wildman–Crippen LogP) is 2.86. The average Bonchev–Trinajstić information content (AvgIpc) is 3.35. The van der Waals surface area contributed by atoms with Crippen LogP contribution in [0.15, 0.2) is 90.1 Å². The van der Waals surface area contributed by atoms with Gasteiger partial charge in [-0.3, -0.25) is 0 Å². The third kappa shape index (κ3) is 5.60. The zero-order valence-electron chi connectivity index (χ0n) is 16.6. The first-order chi connectivity index (χ1) is 15.1. The average molecular weight is 436 g/mol. The number of sulfonamides is 1. The van der Waals surface area contributed by atoms with E-state index in [0.29, 0.717) is 18.9 Å². The number of benzene rings is 3. The summed E-state index contributed by atoms with van der Waals surface area (Å²) in [6.45, 7) is 1.22. The van der Waals surface area contributed by atoms with E-state index in [1.54, 1.807) is 12.1 Å². The number of ether oxygens (including phenoxy) is 1.